The average Bonchev–Trinajstić information content (AvgIpc) is 2.54. The highest BCUT2D eigenvalue weighted by Gasteiger charge is 2.14. The first-order valence-corrected chi connectivity index (χ1v) is 8.02. The van der Waals surface area contributed by atoms with E-state index in [2.05, 4.69) is 36.1 Å². The largest absolute Gasteiger partial charge is 0.369 e. The first-order chi connectivity index (χ1) is 10.2. The zero-order valence-electron chi connectivity index (χ0n) is 12.0. The summed E-state index contributed by atoms with van der Waals surface area (Å²) in [5.74, 6) is 2.21. The van der Waals surface area contributed by atoms with Gasteiger partial charge in [0.1, 0.15) is 17.7 Å². The number of aryl methyl sites for hydroxylation is 1. The van der Waals surface area contributed by atoms with Crippen molar-refractivity contribution in [1.29, 1.82) is 10.5 Å². The van der Waals surface area contributed by atoms with Gasteiger partial charge in [-0.15, -0.1) is 0 Å². The number of hydrogen-bond acceptors (Lipinski definition) is 4. The lowest BCUT2D eigenvalue weighted by Gasteiger charge is -2.31. The van der Waals surface area contributed by atoms with E-state index in [1.54, 1.807) is 6.08 Å². The molecule has 3 nitrogen and oxygen atoms in total. The number of benzene rings is 1. The molecule has 0 aromatic heterocycles. The molecule has 0 radical (unpaired) electrons. The van der Waals surface area contributed by atoms with E-state index < -0.39 is 0 Å². The maximum atomic E-state index is 8.87. The molecule has 0 N–H and O–H groups in total. The molecule has 21 heavy (non-hydrogen) atoms. The Morgan fingerprint density at radius 1 is 1.10 bits per heavy atom. The first-order valence-electron chi connectivity index (χ1n) is 6.86. The van der Waals surface area contributed by atoms with E-state index in [-0.39, 0.29) is 5.57 Å². The molecule has 0 aliphatic carbocycles. The molecule has 4 heteroatoms. The Morgan fingerprint density at radius 3 is 2.29 bits per heavy atom. The summed E-state index contributed by atoms with van der Waals surface area (Å²) in [7, 11) is 0. The standard InChI is InChI=1S/C17H17N3S/c1-14-2-5-16(6-3-14)17(7-4-15(12-18)13-19)20-8-10-21-11-9-20/h2-7H,8-11H2,1H3/b17-7-. The van der Waals surface area contributed by atoms with Crippen molar-refractivity contribution in [2.24, 2.45) is 0 Å². The molecule has 1 aromatic rings. The minimum absolute atomic E-state index is 0.131. The van der Waals surface area contributed by atoms with Gasteiger partial charge in [0.2, 0.25) is 0 Å². The SMILES string of the molecule is Cc1ccc(/C(=C/C=C(C#N)C#N)N2CCSCC2)cc1. The molecule has 1 aromatic carbocycles. The van der Waals surface area contributed by atoms with Crippen LogP contribution < -0.4 is 0 Å². The van der Waals surface area contributed by atoms with Crippen molar-refractivity contribution in [3.63, 3.8) is 0 Å². The molecule has 1 aliphatic rings. The molecule has 0 amide bonds. The van der Waals surface area contributed by atoms with E-state index in [0.717, 1.165) is 35.9 Å². The van der Waals surface area contributed by atoms with Crippen molar-refractivity contribution in [1.82, 2.24) is 4.90 Å². The van der Waals surface area contributed by atoms with Crippen LogP contribution >= 0.6 is 11.8 Å². The second-order valence-corrected chi connectivity index (χ2v) is 6.05. The van der Waals surface area contributed by atoms with Gasteiger partial charge < -0.3 is 4.90 Å². The van der Waals surface area contributed by atoms with Crippen molar-refractivity contribution < 1.29 is 0 Å². The summed E-state index contributed by atoms with van der Waals surface area (Å²) in [6.45, 7) is 4.05. The van der Waals surface area contributed by atoms with Crippen LogP contribution in [0.4, 0.5) is 0 Å². The second kappa shape index (κ2) is 7.57. The molecule has 1 heterocycles. The topological polar surface area (TPSA) is 50.8 Å². The van der Waals surface area contributed by atoms with Gasteiger partial charge in [-0.1, -0.05) is 29.8 Å². The van der Waals surface area contributed by atoms with Crippen LogP contribution in [0.2, 0.25) is 0 Å². The van der Waals surface area contributed by atoms with Crippen LogP contribution in [0, 0.1) is 29.6 Å². The molecule has 0 bridgehead atoms. The van der Waals surface area contributed by atoms with E-state index in [1.807, 2.05) is 30.0 Å². The minimum Gasteiger partial charge on any atom is -0.369 e. The normalized spacial score (nSPS) is 15.0. The van der Waals surface area contributed by atoms with Crippen LogP contribution in [0.3, 0.4) is 0 Å². The fraction of sp³-hybridized carbons (Fsp3) is 0.294. The zero-order chi connectivity index (χ0) is 15.1. The lowest BCUT2D eigenvalue weighted by Crippen LogP contribution is -2.31. The Morgan fingerprint density at radius 2 is 1.71 bits per heavy atom. The van der Waals surface area contributed by atoms with Crippen molar-refractivity contribution in [3.8, 4) is 12.1 Å². The van der Waals surface area contributed by atoms with Gasteiger partial charge >= 0.3 is 0 Å². The van der Waals surface area contributed by atoms with Gasteiger partial charge in [0, 0.05) is 30.3 Å². The van der Waals surface area contributed by atoms with Gasteiger partial charge in [0.25, 0.3) is 0 Å². The molecular weight excluding hydrogens is 278 g/mol. The maximum absolute atomic E-state index is 8.87. The monoisotopic (exact) mass is 295 g/mol. The third-order valence-electron chi connectivity index (χ3n) is 3.35. The maximum Gasteiger partial charge on any atom is 0.129 e. The molecule has 1 fully saturated rings. The lowest BCUT2D eigenvalue weighted by molar-refractivity contribution is 0.439. The average molecular weight is 295 g/mol. The zero-order valence-corrected chi connectivity index (χ0v) is 12.9. The predicted octanol–water partition coefficient (Wildman–Crippen LogP) is 3.36. The summed E-state index contributed by atoms with van der Waals surface area (Å²) < 4.78 is 0. The van der Waals surface area contributed by atoms with Crippen molar-refractivity contribution in [3.05, 3.63) is 53.1 Å². The molecule has 106 valence electrons. The Balaban J connectivity index is 2.37. The van der Waals surface area contributed by atoms with Crippen molar-refractivity contribution in [2.75, 3.05) is 24.6 Å². The number of nitrogens with zero attached hydrogens (tertiary/aromatic N) is 3. The minimum atomic E-state index is 0.131. The van der Waals surface area contributed by atoms with E-state index in [9.17, 15) is 0 Å². The highest BCUT2D eigenvalue weighted by molar-refractivity contribution is 7.99. The van der Waals surface area contributed by atoms with Crippen LogP contribution in [0.25, 0.3) is 5.70 Å². The molecular formula is C17H17N3S. The van der Waals surface area contributed by atoms with E-state index in [0.29, 0.717) is 0 Å². The van der Waals surface area contributed by atoms with Gasteiger partial charge in [-0.2, -0.15) is 22.3 Å². The third-order valence-corrected chi connectivity index (χ3v) is 4.29. The summed E-state index contributed by atoms with van der Waals surface area (Å²) in [4.78, 5) is 2.32. The van der Waals surface area contributed by atoms with Gasteiger partial charge in [-0.05, 0) is 24.6 Å². The van der Waals surface area contributed by atoms with Crippen LogP contribution in [-0.2, 0) is 0 Å². The molecule has 0 spiro atoms. The summed E-state index contributed by atoms with van der Waals surface area (Å²) in [6.07, 6.45) is 3.50. The Bertz CT molecular complexity index is 607. The summed E-state index contributed by atoms with van der Waals surface area (Å²) >= 11 is 1.96. The van der Waals surface area contributed by atoms with Crippen molar-refractivity contribution in [2.45, 2.75) is 6.92 Å². The molecule has 2 rings (SSSR count). The Labute approximate surface area is 130 Å². The molecule has 0 atom stereocenters. The molecule has 1 saturated heterocycles. The highest BCUT2D eigenvalue weighted by Crippen LogP contribution is 2.24. The van der Waals surface area contributed by atoms with Crippen molar-refractivity contribution >= 4 is 17.5 Å². The Kier molecular flexibility index (Phi) is 5.49. The van der Waals surface area contributed by atoms with Gasteiger partial charge in [-0.25, -0.2) is 0 Å². The number of nitriles is 2. The molecule has 0 unspecified atom stereocenters. The quantitative estimate of drug-likeness (QED) is 0.634. The number of rotatable bonds is 3. The van der Waals surface area contributed by atoms with Crippen LogP contribution in [-0.4, -0.2) is 29.5 Å². The number of hydrogen-bond donors (Lipinski definition) is 0. The van der Waals surface area contributed by atoms with E-state index >= 15 is 0 Å². The van der Waals surface area contributed by atoms with Gasteiger partial charge in [-0.3, -0.25) is 0 Å². The number of thioether (sulfide) groups is 1. The van der Waals surface area contributed by atoms with E-state index in [4.69, 9.17) is 10.5 Å². The summed E-state index contributed by atoms with van der Waals surface area (Å²) in [6, 6.07) is 12.2. The highest BCUT2D eigenvalue weighted by atomic mass is 32.2. The van der Waals surface area contributed by atoms with Gasteiger partial charge in [0.15, 0.2) is 0 Å². The fourth-order valence-electron chi connectivity index (χ4n) is 2.17. The third kappa shape index (κ3) is 4.15. The lowest BCUT2D eigenvalue weighted by atomic mass is 10.1. The Hall–Kier alpha value is -2.17. The molecule has 0 saturated carbocycles. The smallest absolute Gasteiger partial charge is 0.129 e. The predicted molar refractivity (Wildman–Crippen MR) is 87.4 cm³/mol. The summed E-state index contributed by atoms with van der Waals surface area (Å²) in [5.41, 5.74) is 3.56. The number of allylic oxidation sites excluding steroid dienone is 3. The second-order valence-electron chi connectivity index (χ2n) is 4.82. The fourth-order valence-corrected chi connectivity index (χ4v) is 3.08. The van der Waals surface area contributed by atoms with E-state index in [1.165, 1.54) is 5.56 Å². The van der Waals surface area contributed by atoms with Crippen LogP contribution in [0.1, 0.15) is 11.1 Å². The molecule has 1 aliphatic heterocycles. The van der Waals surface area contributed by atoms with Crippen LogP contribution in [0.5, 0.6) is 0 Å². The van der Waals surface area contributed by atoms with Gasteiger partial charge in [0.05, 0.1) is 0 Å². The van der Waals surface area contributed by atoms with Crippen LogP contribution in [0.15, 0.2) is 42.0 Å². The summed E-state index contributed by atoms with van der Waals surface area (Å²) in [5, 5.41) is 17.7. The first kappa shape index (κ1) is 15.2.